The van der Waals surface area contributed by atoms with Gasteiger partial charge in [0, 0.05) is 16.5 Å². The topological polar surface area (TPSA) is 37.3 Å². The number of hydrogen-bond acceptors (Lipinski definition) is 2. The number of fused-ring (bicyclic) bond motifs is 1. The number of ketones is 1. The lowest BCUT2D eigenvalue weighted by molar-refractivity contribution is 0.103. The molecule has 2 nitrogen and oxygen atoms in total. The lowest BCUT2D eigenvalue weighted by atomic mass is 9.93. The molecule has 104 valence electrons. The second-order valence-corrected chi connectivity index (χ2v) is 5.31. The highest BCUT2D eigenvalue weighted by Crippen LogP contribution is 2.31. The predicted molar refractivity (Wildman–Crippen MR) is 85.0 cm³/mol. The molecule has 0 aromatic heterocycles. The molecule has 0 unspecified atom stereocenters. The summed E-state index contributed by atoms with van der Waals surface area (Å²) in [7, 11) is 0. The predicted octanol–water partition coefficient (Wildman–Crippen LogP) is 4.39. The molecule has 0 spiro atoms. The summed E-state index contributed by atoms with van der Waals surface area (Å²) in [5.41, 5.74) is 3.20. The molecule has 0 aliphatic heterocycles. The van der Waals surface area contributed by atoms with Crippen LogP contribution in [0.5, 0.6) is 5.75 Å². The lowest BCUT2D eigenvalue weighted by Crippen LogP contribution is -2.04. The second-order valence-electron chi connectivity index (χ2n) is 5.31. The minimum absolute atomic E-state index is 0.0615. The molecule has 0 atom stereocenters. The molecule has 21 heavy (non-hydrogen) atoms. The molecule has 0 amide bonds. The summed E-state index contributed by atoms with van der Waals surface area (Å²) in [4.78, 5) is 12.7. The number of phenols is 1. The second kappa shape index (κ2) is 5.06. The Morgan fingerprint density at radius 1 is 0.905 bits per heavy atom. The van der Waals surface area contributed by atoms with E-state index in [4.69, 9.17) is 0 Å². The van der Waals surface area contributed by atoms with Crippen molar-refractivity contribution >= 4 is 16.6 Å². The third-order valence-corrected chi connectivity index (χ3v) is 3.85. The van der Waals surface area contributed by atoms with E-state index in [0.717, 1.165) is 21.9 Å². The highest BCUT2D eigenvalue weighted by Gasteiger charge is 2.15. The van der Waals surface area contributed by atoms with E-state index in [1.807, 2.05) is 62.4 Å². The smallest absolute Gasteiger partial charge is 0.193 e. The molecule has 2 heteroatoms. The standard InChI is InChI=1S/C19H16O2/c1-12-7-9-14(10-8-12)19(21)17-11-18(20)16-6-4-3-5-15(16)13(17)2/h3-11,20H,1-2H3. The van der Waals surface area contributed by atoms with Crippen LogP contribution in [0.15, 0.2) is 54.6 Å². The van der Waals surface area contributed by atoms with E-state index >= 15 is 0 Å². The Balaban J connectivity index is 2.18. The van der Waals surface area contributed by atoms with E-state index < -0.39 is 0 Å². The van der Waals surface area contributed by atoms with Gasteiger partial charge in [0.1, 0.15) is 5.75 Å². The van der Waals surface area contributed by atoms with Gasteiger partial charge in [-0.25, -0.2) is 0 Å². The first-order chi connectivity index (χ1) is 10.1. The first-order valence-electron chi connectivity index (χ1n) is 6.90. The third kappa shape index (κ3) is 2.29. The van der Waals surface area contributed by atoms with Crippen LogP contribution in [0.1, 0.15) is 27.0 Å². The van der Waals surface area contributed by atoms with Crippen LogP contribution in [0, 0.1) is 13.8 Å². The molecule has 3 rings (SSSR count). The highest BCUT2D eigenvalue weighted by atomic mass is 16.3. The lowest BCUT2D eigenvalue weighted by Gasteiger charge is -2.11. The van der Waals surface area contributed by atoms with Crippen LogP contribution < -0.4 is 0 Å². The van der Waals surface area contributed by atoms with Crippen LogP contribution >= 0.6 is 0 Å². The molecule has 0 heterocycles. The van der Waals surface area contributed by atoms with E-state index in [1.54, 1.807) is 6.07 Å². The quantitative estimate of drug-likeness (QED) is 0.705. The zero-order valence-corrected chi connectivity index (χ0v) is 12.1. The van der Waals surface area contributed by atoms with Crippen LogP contribution in [-0.4, -0.2) is 10.9 Å². The largest absolute Gasteiger partial charge is 0.507 e. The summed E-state index contributed by atoms with van der Waals surface area (Å²) >= 11 is 0. The fourth-order valence-electron chi connectivity index (χ4n) is 2.60. The van der Waals surface area contributed by atoms with E-state index in [0.29, 0.717) is 11.1 Å². The van der Waals surface area contributed by atoms with E-state index in [-0.39, 0.29) is 11.5 Å². The van der Waals surface area contributed by atoms with Gasteiger partial charge in [0.05, 0.1) is 0 Å². The Bertz CT molecular complexity index is 830. The van der Waals surface area contributed by atoms with Crippen molar-refractivity contribution in [2.24, 2.45) is 0 Å². The molecular weight excluding hydrogens is 260 g/mol. The number of benzene rings is 3. The van der Waals surface area contributed by atoms with Crippen molar-refractivity contribution in [2.75, 3.05) is 0 Å². The van der Waals surface area contributed by atoms with Crippen LogP contribution in [0.3, 0.4) is 0 Å². The summed E-state index contributed by atoms with van der Waals surface area (Å²) in [6, 6.07) is 16.6. The van der Waals surface area contributed by atoms with Gasteiger partial charge in [-0.2, -0.15) is 0 Å². The molecule has 0 saturated heterocycles. The van der Waals surface area contributed by atoms with Crippen LogP contribution in [0.2, 0.25) is 0 Å². The molecule has 0 radical (unpaired) electrons. The zero-order valence-electron chi connectivity index (χ0n) is 12.1. The molecule has 0 fully saturated rings. The monoisotopic (exact) mass is 276 g/mol. The Morgan fingerprint density at radius 3 is 2.19 bits per heavy atom. The first kappa shape index (κ1) is 13.4. The van der Waals surface area contributed by atoms with Crippen LogP contribution in [-0.2, 0) is 0 Å². The molecule has 0 saturated carbocycles. The fourth-order valence-corrected chi connectivity index (χ4v) is 2.60. The van der Waals surface area contributed by atoms with Gasteiger partial charge < -0.3 is 5.11 Å². The molecule has 1 N–H and O–H groups in total. The number of aromatic hydroxyl groups is 1. The Kier molecular flexibility index (Phi) is 3.22. The Hall–Kier alpha value is -2.61. The average molecular weight is 276 g/mol. The SMILES string of the molecule is Cc1ccc(C(=O)c2cc(O)c3ccccc3c2C)cc1. The molecule has 0 aliphatic carbocycles. The summed E-state index contributed by atoms with van der Waals surface area (Å²) in [5.74, 6) is 0.0835. The van der Waals surface area contributed by atoms with E-state index in [9.17, 15) is 9.90 Å². The number of hydrogen-bond donors (Lipinski definition) is 1. The summed E-state index contributed by atoms with van der Waals surface area (Å²) in [6.45, 7) is 3.91. The van der Waals surface area contributed by atoms with E-state index in [1.165, 1.54) is 0 Å². The number of carbonyl (C=O) groups excluding carboxylic acids is 1. The van der Waals surface area contributed by atoms with Crippen LogP contribution in [0.25, 0.3) is 10.8 Å². The average Bonchev–Trinajstić information content (AvgIpc) is 2.51. The fraction of sp³-hybridized carbons (Fsp3) is 0.105. The molecular formula is C19H16O2. The summed E-state index contributed by atoms with van der Waals surface area (Å²) in [6.07, 6.45) is 0. The van der Waals surface area contributed by atoms with Gasteiger partial charge in [0.25, 0.3) is 0 Å². The maximum absolute atomic E-state index is 12.7. The summed E-state index contributed by atoms with van der Waals surface area (Å²) < 4.78 is 0. The number of aryl methyl sites for hydroxylation is 2. The van der Waals surface area contributed by atoms with Crippen molar-refractivity contribution in [3.8, 4) is 5.75 Å². The van der Waals surface area contributed by atoms with Gasteiger partial charge in [-0.1, -0.05) is 54.1 Å². The molecule has 3 aromatic rings. The van der Waals surface area contributed by atoms with Crippen molar-refractivity contribution in [1.82, 2.24) is 0 Å². The number of carbonyl (C=O) groups is 1. The highest BCUT2D eigenvalue weighted by molar-refractivity contribution is 6.13. The maximum Gasteiger partial charge on any atom is 0.193 e. The molecule has 0 aliphatic rings. The van der Waals surface area contributed by atoms with E-state index in [2.05, 4.69) is 0 Å². The van der Waals surface area contributed by atoms with Crippen molar-refractivity contribution in [2.45, 2.75) is 13.8 Å². The van der Waals surface area contributed by atoms with Crippen LogP contribution in [0.4, 0.5) is 0 Å². The van der Waals surface area contributed by atoms with Gasteiger partial charge >= 0.3 is 0 Å². The van der Waals surface area contributed by atoms with Crippen molar-refractivity contribution in [3.63, 3.8) is 0 Å². The van der Waals surface area contributed by atoms with Gasteiger partial charge in [0.15, 0.2) is 5.78 Å². The van der Waals surface area contributed by atoms with Crippen molar-refractivity contribution in [3.05, 3.63) is 76.9 Å². The normalized spacial score (nSPS) is 10.8. The Morgan fingerprint density at radius 2 is 1.52 bits per heavy atom. The minimum Gasteiger partial charge on any atom is -0.507 e. The number of rotatable bonds is 2. The number of phenolic OH excluding ortho intramolecular Hbond substituents is 1. The van der Waals surface area contributed by atoms with Gasteiger partial charge in [0.2, 0.25) is 0 Å². The van der Waals surface area contributed by atoms with Gasteiger partial charge in [-0.15, -0.1) is 0 Å². The minimum atomic E-state index is -0.0615. The van der Waals surface area contributed by atoms with Crippen molar-refractivity contribution < 1.29 is 9.90 Å². The van der Waals surface area contributed by atoms with Gasteiger partial charge in [-0.3, -0.25) is 4.79 Å². The van der Waals surface area contributed by atoms with Crippen molar-refractivity contribution in [1.29, 1.82) is 0 Å². The third-order valence-electron chi connectivity index (χ3n) is 3.85. The zero-order chi connectivity index (χ0) is 15.0. The first-order valence-corrected chi connectivity index (χ1v) is 6.90. The maximum atomic E-state index is 12.7. The van der Waals surface area contributed by atoms with Gasteiger partial charge in [-0.05, 0) is 30.9 Å². The molecule has 0 bridgehead atoms. The Labute approximate surface area is 123 Å². The summed E-state index contributed by atoms with van der Waals surface area (Å²) in [5, 5.41) is 11.8. The molecule has 3 aromatic carbocycles.